The summed E-state index contributed by atoms with van der Waals surface area (Å²) < 4.78 is 24.9. The van der Waals surface area contributed by atoms with E-state index in [2.05, 4.69) is 6.07 Å². The predicted molar refractivity (Wildman–Crippen MR) is 93.1 cm³/mol. The van der Waals surface area contributed by atoms with Crippen molar-refractivity contribution in [1.82, 2.24) is 4.31 Å². The van der Waals surface area contributed by atoms with Crippen LogP contribution in [0.5, 0.6) is 0 Å². The van der Waals surface area contributed by atoms with E-state index in [1.807, 2.05) is 32.9 Å². The molecule has 1 aliphatic heterocycles. The highest BCUT2D eigenvalue weighted by Gasteiger charge is 2.32. The van der Waals surface area contributed by atoms with Crippen molar-refractivity contribution in [1.29, 1.82) is 0 Å². The zero-order chi connectivity index (χ0) is 17.2. The van der Waals surface area contributed by atoms with Crippen LogP contribution < -0.4 is 4.90 Å². The van der Waals surface area contributed by atoms with Gasteiger partial charge in [-0.3, -0.25) is 4.79 Å². The molecular weight excluding hydrogens is 312 g/mol. The number of aryl methyl sites for hydroxylation is 2. The van der Waals surface area contributed by atoms with Crippen molar-refractivity contribution in [2.45, 2.75) is 33.6 Å². The molecule has 1 fully saturated rings. The number of carbonyl (C=O) groups is 1. The Balaban J connectivity index is 2.22. The number of carbonyl (C=O) groups excluding carboxylic acids is 1. The maximum atomic E-state index is 12.9. The van der Waals surface area contributed by atoms with E-state index in [-0.39, 0.29) is 11.8 Å². The van der Waals surface area contributed by atoms with Crippen molar-refractivity contribution in [3.8, 4) is 0 Å². The Morgan fingerprint density at radius 2 is 1.87 bits per heavy atom. The third-order valence-electron chi connectivity index (χ3n) is 4.30. The largest absolute Gasteiger partial charge is 0.312 e. The van der Waals surface area contributed by atoms with E-state index in [9.17, 15) is 13.2 Å². The smallest absolute Gasteiger partial charge is 0.231 e. The van der Waals surface area contributed by atoms with Gasteiger partial charge in [0.05, 0.1) is 12.2 Å². The molecule has 1 amide bonds. The van der Waals surface area contributed by atoms with Crippen LogP contribution in [0.4, 0.5) is 5.69 Å². The van der Waals surface area contributed by atoms with Gasteiger partial charge in [-0.25, -0.2) is 12.7 Å². The lowest BCUT2D eigenvalue weighted by atomic mass is 9.97. The molecule has 1 saturated heterocycles. The van der Waals surface area contributed by atoms with Gasteiger partial charge in [-0.05, 0) is 56.9 Å². The van der Waals surface area contributed by atoms with Crippen LogP contribution in [-0.2, 0) is 14.8 Å². The molecule has 1 heterocycles. The Kier molecular flexibility index (Phi) is 5.47. The molecule has 1 atom stereocenters. The molecular formula is C17H26N2O3S. The van der Waals surface area contributed by atoms with E-state index in [0.29, 0.717) is 19.6 Å². The van der Waals surface area contributed by atoms with Gasteiger partial charge >= 0.3 is 0 Å². The quantitative estimate of drug-likeness (QED) is 0.846. The minimum atomic E-state index is -3.24. The van der Waals surface area contributed by atoms with Crippen LogP contribution >= 0.6 is 0 Å². The highest BCUT2D eigenvalue weighted by atomic mass is 32.2. The molecule has 6 heteroatoms. The van der Waals surface area contributed by atoms with Crippen molar-refractivity contribution in [2.75, 3.05) is 30.8 Å². The van der Waals surface area contributed by atoms with Gasteiger partial charge in [0.15, 0.2) is 0 Å². The van der Waals surface area contributed by atoms with Crippen LogP contribution in [0.25, 0.3) is 0 Å². The highest BCUT2D eigenvalue weighted by Crippen LogP contribution is 2.25. The Labute approximate surface area is 139 Å². The maximum Gasteiger partial charge on any atom is 0.231 e. The molecule has 2 rings (SSSR count). The van der Waals surface area contributed by atoms with Crippen LogP contribution in [0, 0.1) is 19.8 Å². The van der Waals surface area contributed by atoms with Crippen LogP contribution in [-0.4, -0.2) is 44.5 Å². The predicted octanol–water partition coefficient (Wildman–Crippen LogP) is 2.33. The number of anilines is 1. The summed E-state index contributed by atoms with van der Waals surface area (Å²) in [6.07, 6.45) is 2.68. The number of rotatable bonds is 4. The molecule has 23 heavy (non-hydrogen) atoms. The van der Waals surface area contributed by atoms with E-state index < -0.39 is 10.0 Å². The number of piperidine rings is 1. The first-order valence-corrected chi connectivity index (χ1v) is 9.92. The van der Waals surface area contributed by atoms with E-state index in [0.717, 1.165) is 29.7 Å². The summed E-state index contributed by atoms with van der Waals surface area (Å²) in [5, 5.41) is 0. The van der Waals surface area contributed by atoms with Gasteiger partial charge in [-0.2, -0.15) is 0 Å². The molecule has 0 bridgehead atoms. The molecule has 0 saturated carbocycles. The number of benzene rings is 1. The van der Waals surface area contributed by atoms with Gasteiger partial charge in [0.1, 0.15) is 0 Å². The Morgan fingerprint density at radius 1 is 1.26 bits per heavy atom. The Morgan fingerprint density at radius 3 is 2.39 bits per heavy atom. The first-order valence-electron chi connectivity index (χ1n) is 8.07. The van der Waals surface area contributed by atoms with Crippen molar-refractivity contribution in [3.05, 3.63) is 29.3 Å². The number of amides is 1. The minimum absolute atomic E-state index is 0.0193. The highest BCUT2D eigenvalue weighted by molar-refractivity contribution is 7.88. The topological polar surface area (TPSA) is 57.7 Å². The summed E-state index contributed by atoms with van der Waals surface area (Å²) in [5.41, 5.74) is 3.13. The van der Waals surface area contributed by atoms with Crippen molar-refractivity contribution >= 4 is 21.6 Å². The molecule has 1 aliphatic rings. The fraction of sp³-hybridized carbons (Fsp3) is 0.588. The number of hydrogen-bond donors (Lipinski definition) is 0. The molecule has 0 aliphatic carbocycles. The molecule has 1 aromatic carbocycles. The first-order chi connectivity index (χ1) is 10.7. The summed E-state index contributed by atoms with van der Waals surface area (Å²) in [4.78, 5) is 14.7. The molecule has 0 N–H and O–H groups in total. The second-order valence-corrected chi connectivity index (χ2v) is 8.37. The summed E-state index contributed by atoms with van der Waals surface area (Å²) in [5.74, 6) is -0.245. The van der Waals surface area contributed by atoms with E-state index in [1.165, 1.54) is 10.6 Å². The minimum Gasteiger partial charge on any atom is -0.312 e. The van der Waals surface area contributed by atoms with Crippen molar-refractivity contribution < 1.29 is 13.2 Å². The van der Waals surface area contributed by atoms with Gasteiger partial charge in [0, 0.05) is 25.3 Å². The van der Waals surface area contributed by atoms with Gasteiger partial charge in [-0.15, -0.1) is 0 Å². The van der Waals surface area contributed by atoms with Crippen LogP contribution in [0.1, 0.15) is 30.9 Å². The molecule has 128 valence electrons. The normalized spacial score (nSPS) is 19.6. The van der Waals surface area contributed by atoms with Gasteiger partial charge < -0.3 is 4.90 Å². The summed E-state index contributed by atoms with van der Waals surface area (Å²) in [7, 11) is -3.24. The lowest BCUT2D eigenvalue weighted by Gasteiger charge is -2.33. The fourth-order valence-corrected chi connectivity index (χ4v) is 4.15. The monoisotopic (exact) mass is 338 g/mol. The standard InChI is InChI=1S/C17H26N2O3S/c1-5-19(16-10-13(2)9-14(3)11-16)17(20)15-7-6-8-18(12-15)23(4,21)22/h9-11,15H,5-8,12H2,1-4H3. The molecule has 1 unspecified atom stereocenters. The van der Waals surface area contributed by atoms with Gasteiger partial charge in [-0.1, -0.05) is 6.07 Å². The second-order valence-electron chi connectivity index (χ2n) is 6.39. The van der Waals surface area contributed by atoms with Crippen LogP contribution in [0.3, 0.4) is 0 Å². The van der Waals surface area contributed by atoms with Crippen LogP contribution in [0.2, 0.25) is 0 Å². The molecule has 0 aromatic heterocycles. The molecule has 0 radical (unpaired) electrons. The first kappa shape index (κ1) is 17.9. The van der Waals surface area contributed by atoms with Crippen molar-refractivity contribution in [2.24, 2.45) is 5.92 Å². The third-order valence-corrected chi connectivity index (χ3v) is 5.57. The maximum absolute atomic E-state index is 12.9. The fourth-order valence-electron chi connectivity index (χ4n) is 3.24. The third kappa shape index (κ3) is 4.32. The number of sulfonamides is 1. The average Bonchev–Trinajstić information content (AvgIpc) is 2.46. The van der Waals surface area contributed by atoms with Gasteiger partial charge in [0.2, 0.25) is 15.9 Å². The average molecular weight is 338 g/mol. The van der Waals surface area contributed by atoms with Gasteiger partial charge in [0.25, 0.3) is 0 Å². The Hall–Kier alpha value is -1.40. The lowest BCUT2D eigenvalue weighted by molar-refractivity contribution is -0.123. The SMILES string of the molecule is CCN(C(=O)C1CCCN(S(C)(=O)=O)C1)c1cc(C)cc(C)c1. The zero-order valence-electron chi connectivity index (χ0n) is 14.4. The van der Waals surface area contributed by atoms with Crippen LogP contribution in [0.15, 0.2) is 18.2 Å². The molecule has 5 nitrogen and oxygen atoms in total. The van der Waals surface area contributed by atoms with Crippen molar-refractivity contribution in [3.63, 3.8) is 0 Å². The molecule has 1 aromatic rings. The van der Waals surface area contributed by atoms with E-state index in [4.69, 9.17) is 0 Å². The lowest BCUT2D eigenvalue weighted by Crippen LogP contribution is -2.46. The molecule has 0 spiro atoms. The summed E-state index contributed by atoms with van der Waals surface area (Å²) in [6.45, 7) is 7.36. The zero-order valence-corrected chi connectivity index (χ0v) is 15.2. The Bertz CT molecular complexity index is 665. The second kappa shape index (κ2) is 7.01. The summed E-state index contributed by atoms with van der Waals surface area (Å²) in [6, 6.07) is 6.09. The summed E-state index contributed by atoms with van der Waals surface area (Å²) >= 11 is 0. The van der Waals surface area contributed by atoms with E-state index >= 15 is 0 Å². The van der Waals surface area contributed by atoms with E-state index in [1.54, 1.807) is 4.90 Å². The number of hydrogen-bond acceptors (Lipinski definition) is 3. The number of nitrogens with zero attached hydrogens (tertiary/aromatic N) is 2.